The van der Waals surface area contributed by atoms with E-state index >= 15 is 0 Å². The lowest BCUT2D eigenvalue weighted by Gasteiger charge is -2.11. The molecule has 3 aromatic rings. The maximum Gasteiger partial charge on any atom is 0.234 e. The van der Waals surface area contributed by atoms with Gasteiger partial charge in [-0.05, 0) is 31.2 Å². The van der Waals surface area contributed by atoms with Crippen LogP contribution in [0.4, 0.5) is 5.69 Å². The lowest BCUT2D eigenvalue weighted by Crippen LogP contribution is -2.15. The third-order valence-corrected chi connectivity index (χ3v) is 5.35. The third kappa shape index (κ3) is 5.44. The molecular weight excluding hydrogens is 404 g/mol. The molecule has 8 nitrogen and oxygen atoms in total. The van der Waals surface area contributed by atoms with Crippen molar-refractivity contribution >= 4 is 23.4 Å². The first-order valence-corrected chi connectivity index (χ1v) is 10.2. The van der Waals surface area contributed by atoms with E-state index in [9.17, 15) is 4.79 Å². The Morgan fingerprint density at radius 3 is 2.50 bits per heavy atom. The highest BCUT2D eigenvalue weighted by atomic mass is 32.2. The zero-order valence-corrected chi connectivity index (χ0v) is 18.2. The van der Waals surface area contributed by atoms with Crippen LogP contribution in [-0.4, -0.2) is 40.6 Å². The molecule has 0 aliphatic heterocycles. The monoisotopic (exact) mass is 428 g/mol. The Hall–Kier alpha value is -3.20. The molecule has 0 radical (unpaired) electrons. The molecule has 0 fully saturated rings. The molecule has 0 saturated carbocycles. The highest BCUT2D eigenvalue weighted by molar-refractivity contribution is 7.99. The largest absolute Gasteiger partial charge is 0.497 e. The van der Waals surface area contributed by atoms with Gasteiger partial charge < -0.3 is 24.1 Å². The number of carbonyl (C=O) groups excluding carboxylic acids is 1. The number of thioether (sulfide) groups is 1. The Morgan fingerprint density at radius 1 is 1.07 bits per heavy atom. The molecule has 0 aliphatic rings. The summed E-state index contributed by atoms with van der Waals surface area (Å²) in [6.45, 7) is 2.32. The number of carbonyl (C=O) groups is 1. The molecule has 1 N–H and O–H groups in total. The Kier molecular flexibility index (Phi) is 7.18. The van der Waals surface area contributed by atoms with Gasteiger partial charge >= 0.3 is 0 Å². The van der Waals surface area contributed by atoms with Gasteiger partial charge in [0.1, 0.15) is 23.9 Å². The fourth-order valence-corrected chi connectivity index (χ4v) is 3.34. The Labute approximate surface area is 179 Å². The highest BCUT2D eigenvalue weighted by Gasteiger charge is 2.14. The van der Waals surface area contributed by atoms with E-state index in [0.717, 1.165) is 5.75 Å². The van der Waals surface area contributed by atoms with Crippen LogP contribution in [0.5, 0.6) is 17.2 Å². The lowest BCUT2D eigenvalue weighted by molar-refractivity contribution is -0.113. The Balaban J connectivity index is 1.56. The molecular formula is C21H24N4O4S. The lowest BCUT2D eigenvalue weighted by atomic mass is 10.2. The van der Waals surface area contributed by atoms with Crippen molar-refractivity contribution in [2.75, 3.05) is 25.3 Å². The Bertz CT molecular complexity index is 1000. The minimum atomic E-state index is -0.188. The zero-order chi connectivity index (χ0) is 21.5. The number of anilines is 1. The number of hydrogen-bond acceptors (Lipinski definition) is 7. The number of aromatic nitrogens is 3. The summed E-state index contributed by atoms with van der Waals surface area (Å²) in [5.41, 5.74) is 1.72. The quantitative estimate of drug-likeness (QED) is 0.522. The third-order valence-electron chi connectivity index (χ3n) is 4.33. The minimum absolute atomic E-state index is 0.172. The van der Waals surface area contributed by atoms with Crippen LogP contribution in [0.1, 0.15) is 11.4 Å². The summed E-state index contributed by atoms with van der Waals surface area (Å²) in [5, 5.41) is 11.8. The van der Waals surface area contributed by atoms with Gasteiger partial charge in [-0.2, -0.15) is 0 Å². The summed E-state index contributed by atoms with van der Waals surface area (Å²) < 4.78 is 18.1. The van der Waals surface area contributed by atoms with Crippen molar-refractivity contribution in [1.29, 1.82) is 0 Å². The number of benzene rings is 2. The van der Waals surface area contributed by atoms with Crippen molar-refractivity contribution in [1.82, 2.24) is 14.8 Å². The van der Waals surface area contributed by atoms with Gasteiger partial charge in [0, 0.05) is 13.1 Å². The van der Waals surface area contributed by atoms with Crippen LogP contribution in [0.2, 0.25) is 0 Å². The normalized spacial score (nSPS) is 10.5. The molecule has 158 valence electrons. The van der Waals surface area contributed by atoms with Gasteiger partial charge in [0.05, 0.1) is 25.7 Å². The van der Waals surface area contributed by atoms with Gasteiger partial charge in [-0.15, -0.1) is 10.2 Å². The van der Waals surface area contributed by atoms with Crippen LogP contribution in [0, 0.1) is 6.92 Å². The first kappa shape index (κ1) is 21.5. The maximum atomic E-state index is 12.4. The second-order valence-corrected chi connectivity index (χ2v) is 7.41. The van der Waals surface area contributed by atoms with E-state index in [1.165, 1.54) is 17.3 Å². The molecule has 30 heavy (non-hydrogen) atoms. The van der Waals surface area contributed by atoms with E-state index in [4.69, 9.17) is 14.2 Å². The summed E-state index contributed by atoms with van der Waals surface area (Å²) in [7, 11) is 4.96. The summed E-state index contributed by atoms with van der Waals surface area (Å²) in [4.78, 5) is 12.4. The van der Waals surface area contributed by atoms with Crippen molar-refractivity contribution in [2.24, 2.45) is 7.05 Å². The number of hydrogen-bond donors (Lipinski definition) is 1. The second kappa shape index (κ2) is 10.0. The smallest absolute Gasteiger partial charge is 0.234 e. The van der Waals surface area contributed by atoms with Crippen molar-refractivity contribution in [2.45, 2.75) is 18.7 Å². The van der Waals surface area contributed by atoms with Crippen LogP contribution in [0.15, 0.2) is 47.6 Å². The number of aryl methyl sites for hydroxylation is 1. The van der Waals surface area contributed by atoms with E-state index < -0.39 is 0 Å². The topological polar surface area (TPSA) is 87.5 Å². The minimum Gasteiger partial charge on any atom is -0.497 e. The number of nitrogens with zero attached hydrogens (tertiary/aromatic N) is 3. The van der Waals surface area contributed by atoms with Gasteiger partial charge in [-0.3, -0.25) is 4.79 Å². The number of ether oxygens (including phenoxy) is 3. The van der Waals surface area contributed by atoms with Gasteiger partial charge in [0.25, 0.3) is 0 Å². The number of methoxy groups -OCH3 is 2. The second-order valence-electron chi connectivity index (χ2n) is 6.46. The van der Waals surface area contributed by atoms with E-state index in [2.05, 4.69) is 15.5 Å². The first-order chi connectivity index (χ1) is 14.5. The van der Waals surface area contributed by atoms with Crippen LogP contribution in [0.3, 0.4) is 0 Å². The predicted molar refractivity (Wildman–Crippen MR) is 115 cm³/mol. The first-order valence-electron chi connectivity index (χ1n) is 9.22. The SMILES string of the molecule is COc1ccc(OC)c(NC(=O)CSc2nnc(COc3ccc(C)cc3)n2C)c1. The molecule has 1 aromatic heterocycles. The molecule has 0 atom stereocenters. The maximum absolute atomic E-state index is 12.4. The van der Waals surface area contributed by atoms with Crippen molar-refractivity contribution in [3.63, 3.8) is 0 Å². The van der Waals surface area contributed by atoms with Gasteiger partial charge in [0.15, 0.2) is 11.0 Å². The average molecular weight is 429 g/mol. The average Bonchev–Trinajstić information content (AvgIpc) is 3.11. The number of amides is 1. The van der Waals surface area contributed by atoms with Crippen molar-refractivity contribution in [3.05, 3.63) is 53.9 Å². The van der Waals surface area contributed by atoms with E-state index in [-0.39, 0.29) is 11.7 Å². The van der Waals surface area contributed by atoms with Crippen LogP contribution in [0.25, 0.3) is 0 Å². The molecule has 0 saturated heterocycles. The summed E-state index contributed by atoms with van der Waals surface area (Å²) in [5.74, 6) is 2.61. The molecule has 3 rings (SSSR count). The van der Waals surface area contributed by atoms with Crippen molar-refractivity contribution in [3.8, 4) is 17.2 Å². The summed E-state index contributed by atoms with van der Waals surface area (Å²) in [6.07, 6.45) is 0. The fraction of sp³-hybridized carbons (Fsp3) is 0.286. The van der Waals surface area contributed by atoms with Crippen molar-refractivity contribution < 1.29 is 19.0 Å². The van der Waals surface area contributed by atoms with Crippen LogP contribution >= 0.6 is 11.8 Å². The zero-order valence-electron chi connectivity index (χ0n) is 17.3. The van der Waals surface area contributed by atoms with Crippen LogP contribution in [-0.2, 0) is 18.4 Å². The molecule has 9 heteroatoms. The van der Waals surface area contributed by atoms with Gasteiger partial charge in [-0.1, -0.05) is 29.5 Å². The predicted octanol–water partition coefficient (Wildman–Crippen LogP) is 3.45. The number of rotatable bonds is 9. The molecule has 1 heterocycles. The molecule has 2 aromatic carbocycles. The fourth-order valence-electron chi connectivity index (χ4n) is 2.61. The molecule has 0 bridgehead atoms. The summed E-state index contributed by atoms with van der Waals surface area (Å²) in [6, 6.07) is 13.0. The Morgan fingerprint density at radius 2 is 1.80 bits per heavy atom. The highest BCUT2D eigenvalue weighted by Crippen LogP contribution is 2.29. The molecule has 1 amide bonds. The number of nitrogens with one attached hydrogen (secondary N) is 1. The van der Waals surface area contributed by atoms with Gasteiger partial charge in [0.2, 0.25) is 5.91 Å². The summed E-state index contributed by atoms with van der Waals surface area (Å²) >= 11 is 1.29. The van der Waals surface area contributed by atoms with E-state index in [1.807, 2.05) is 42.8 Å². The molecule has 0 aliphatic carbocycles. The van der Waals surface area contributed by atoms with Crippen LogP contribution < -0.4 is 19.5 Å². The molecule has 0 unspecified atom stereocenters. The molecule has 0 spiro atoms. The van der Waals surface area contributed by atoms with E-state index in [1.54, 1.807) is 32.4 Å². The standard InChI is InChI=1S/C21H24N4O4S/c1-14-5-7-15(8-6-14)29-12-19-23-24-21(25(19)2)30-13-20(26)22-17-11-16(27-3)9-10-18(17)28-4/h5-11H,12-13H2,1-4H3,(H,22,26). The van der Waals surface area contributed by atoms with E-state index in [0.29, 0.717) is 34.8 Å². The van der Waals surface area contributed by atoms with Gasteiger partial charge in [-0.25, -0.2) is 0 Å².